The van der Waals surface area contributed by atoms with Crippen LogP contribution in [-0.4, -0.2) is 43.8 Å². The maximum Gasteiger partial charge on any atom is 0.244 e. The number of piperazine rings is 1. The lowest BCUT2D eigenvalue weighted by Gasteiger charge is -2.34. The Kier molecular flexibility index (Phi) is 5.13. The standard InChI is InChI=1S/C18H18FN3O2S/c19-17-7-5-15(6-8-17)14-21-9-11-22(12-10-21)25(23,24)18-4-2-1-3-16(18)13-20/h1-8H,9-12,14H2. The van der Waals surface area contributed by atoms with Gasteiger partial charge in [-0.15, -0.1) is 0 Å². The van der Waals surface area contributed by atoms with Gasteiger partial charge in [-0.25, -0.2) is 12.8 Å². The molecule has 1 heterocycles. The van der Waals surface area contributed by atoms with Crippen molar-refractivity contribution in [3.63, 3.8) is 0 Å². The molecule has 0 unspecified atom stereocenters. The smallest absolute Gasteiger partial charge is 0.244 e. The monoisotopic (exact) mass is 359 g/mol. The lowest BCUT2D eigenvalue weighted by Crippen LogP contribution is -2.48. The van der Waals surface area contributed by atoms with Gasteiger partial charge in [0.15, 0.2) is 0 Å². The van der Waals surface area contributed by atoms with Crippen molar-refractivity contribution < 1.29 is 12.8 Å². The summed E-state index contributed by atoms with van der Waals surface area (Å²) in [7, 11) is -3.67. The van der Waals surface area contributed by atoms with Crippen molar-refractivity contribution >= 4 is 10.0 Å². The highest BCUT2D eigenvalue weighted by molar-refractivity contribution is 7.89. The Labute approximate surface area is 147 Å². The molecule has 0 amide bonds. The van der Waals surface area contributed by atoms with Crippen LogP contribution < -0.4 is 0 Å². The van der Waals surface area contributed by atoms with Crippen LogP contribution in [0.1, 0.15) is 11.1 Å². The van der Waals surface area contributed by atoms with Gasteiger partial charge in [-0.1, -0.05) is 24.3 Å². The summed E-state index contributed by atoms with van der Waals surface area (Å²) in [5.41, 5.74) is 1.16. The normalized spacial score (nSPS) is 16.5. The highest BCUT2D eigenvalue weighted by Gasteiger charge is 2.30. The van der Waals surface area contributed by atoms with Crippen molar-refractivity contribution in [2.45, 2.75) is 11.4 Å². The maximum atomic E-state index is 13.0. The first kappa shape index (κ1) is 17.5. The number of nitriles is 1. The highest BCUT2D eigenvalue weighted by atomic mass is 32.2. The van der Waals surface area contributed by atoms with E-state index in [0.29, 0.717) is 32.7 Å². The molecule has 25 heavy (non-hydrogen) atoms. The summed E-state index contributed by atoms with van der Waals surface area (Å²) < 4.78 is 39.9. The van der Waals surface area contributed by atoms with Crippen molar-refractivity contribution in [1.82, 2.24) is 9.21 Å². The molecule has 0 saturated carbocycles. The fourth-order valence-electron chi connectivity index (χ4n) is 2.90. The van der Waals surface area contributed by atoms with E-state index in [9.17, 15) is 12.8 Å². The molecule has 130 valence electrons. The van der Waals surface area contributed by atoms with Crippen LogP contribution in [0.3, 0.4) is 0 Å². The van der Waals surface area contributed by atoms with Gasteiger partial charge in [0.25, 0.3) is 0 Å². The summed E-state index contributed by atoms with van der Waals surface area (Å²) in [4.78, 5) is 2.19. The van der Waals surface area contributed by atoms with Crippen molar-refractivity contribution in [2.24, 2.45) is 0 Å². The SMILES string of the molecule is N#Cc1ccccc1S(=O)(=O)N1CCN(Cc2ccc(F)cc2)CC1. The van der Waals surface area contributed by atoms with E-state index < -0.39 is 10.0 Å². The third-order valence-electron chi connectivity index (χ3n) is 4.28. The molecule has 0 bridgehead atoms. The Hall–Kier alpha value is -2.27. The Bertz CT molecular complexity index is 883. The topological polar surface area (TPSA) is 64.4 Å². The zero-order valence-electron chi connectivity index (χ0n) is 13.6. The molecule has 1 fully saturated rings. The summed E-state index contributed by atoms with van der Waals surface area (Å²) in [5, 5.41) is 9.14. The number of sulfonamides is 1. The number of hydrogen-bond donors (Lipinski definition) is 0. The number of halogens is 1. The molecule has 3 rings (SSSR count). The molecular formula is C18H18FN3O2S. The Morgan fingerprint density at radius 2 is 1.64 bits per heavy atom. The van der Waals surface area contributed by atoms with Gasteiger partial charge >= 0.3 is 0 Å². The minimum Gasteiger partial charge on any atom is -0.296 e. The summed E-state index contributed by atoms with van der Waals surface area (Å²) >= 11 is 0. The summed E-state index contributed by atoms with van der Waals surface area (Å²) in [6.45, 7) is 2.56. The van der Waals surface area contributed by atoms with Crippen LogP contribution >= 0.6 is 0 Å². The van der Waals surface area contributed by atoms with Gasteiger partial charge in [0, 0.05) is 32.7 Å². The quantitative estimate of drug-likeness (QED) is 0.840. The first-order valence-electron chi connectivity index (χ1n) is 7.97. The Balaban J connectivity index is 1.67. The fourth-order valence-corrected chi connectivity index (χ4v) is 4.46. The predicted octanol–water partition coefficient (Wildman–Crippen LogP) is 2.20. The van der Waals surface area contributed by atoms with Crippen LogP contribution in [0.4, 0.5) is 4.39 Å². The summed E-state index contributed by atoms with van der Waals surface area (Å²) in [6.07, 6.45) is 0. The molecule has 1 aliphatic heterocycles. The molecule has 0 spiro atoms. The Morgan fingerprint density at radius 1 is 1.00 bits per heavy atom. The van der Waals surface area contributed by atoms with E-state index in [2.05, 4.69) is 4.90 Å². The summed E-state index contributed by atoms with van der Waals surface area (Å²) in [5.74, 6) is -0.268. The van der Waals surface area contributed by atoms with E-state index in [1.165, 1.54) is 28.6 Å². The number of nitrogens with zero attached hydrogens (tertiary/aromatic N) is 3. The number of hydrogen-bond acceptors (Lipinski definition) is 4. The van der Waals surface area contributed by atoms with Crippen LogP contribution in [0.15, 0.2) is 53.4 Å². The van der Waals surface area contributed by atoms with Crippen molar-refractivity contribution in [1.29, 1.82) is 5.26 Å². The lowest BCUT2D eigenvalue weighted by molar-refractivity contribution is 0.181. The van der Waals surface area contributed by atoms with E-state index in [-0.39, 0.29) is 16.3 Å². The zero-order valence-corrected chi connectivity index (χ0v) is 14.4. The lowest BCUT2D eigenvalue weighted by atomic mass is 10.2. The molecule has 0 atom stereocenters. The van der Waals surface area contributed by atoms with Crippen LogP contribution in [-0.2, 0) is 16.6 Å². The van der Waals surface area contributed by atoms with Gasteiger partial charge in [-0.2, -0.15) is 9.57 Å². The summed E-state index contributed by atoms with van der Waals surface area (Å²) in [6, 6.07) is 14.5. The van der Waals surface area contributed by atoms with Crippen LogP contribution in [0.5, 0.6) is 0 Å². The van der Waals surface area contributed by atoms with E-state index in [1.807, 2.05) is 6.07 Å². The van der Waals surface area contributed by atoms with Gasteiger partial charge in [0.2, 0.25) is 10.0 Å². The molecule has 0 aromatic heterocycles. The van der Waals surface area contributed by atoms with Crippen molar-refractivity contribution in [3.05, 3.63) is 65.5 Å². The van der Waals surface area contributed by atoms with E-state index in [4.69, 9.17) is 5.26 Å². The van der Waals surface area contributed by atoms with Gasteiger partial charge in [0.05, 0.1) is 10.5 Å². The van der Waals surface area contributed by atoms with Gasteiger partial charge < -0.3 is 0 Å². The average molecular weight is 359 g/mol. The molecule has 1 saturated heterocycles. The van der Waals surface area contributed by atoms with Crippen LogP contribution in [0, 0.1) is 17.1 Å². The zero-order chi connectivity index (χ0) is 17.9. The first-order valence-corrected chi connectivity index (χ1v) is 9.41. The number of benzene rings is 2. The molecule has 7 heteroatoms. The molecule has 0 radical (unpaired) electrons. The van der Waals surface area contributed by atoms with Gasteiger partial charge in [-0.3, -0.25) is 4.90 Å². The largest absolute Gasteiger partial charge is 0.296 e. The average Bonchev–Trinajstić information content (AvgIpc) is 2.64. The first-order chi connectivity index (χ1) is 12.0. The molecule has 2 aromatic carbocycles. The van der Waals surface area contributed by atoms with Gasteiger partial charge in [0.1, 0.15) is 11.9 Å². The van der Waals surface area contributed by atoms with Crippen molar-refractivity contribution in [3.8, 4) is 6.07 Å². The molecular weight excluding hydrogens is 341 g/mol. The Morgan fingerprint density at radius 3 is 2.28 bits per heavy atom. The molecule has 5 nitrogen and oxygen atoms in total. The molecule has 0 N–H and O–H groups in total. The second-order valence-electron chi connectivity index (χ2n) is 5.91. The second-order valence-corrected chi connectivity index (χ2v) is 7.82. The third kappa shape index (κ3) is 3.87. The molecule has 2 aromatic rings. The molecule has 0 aliphatic carbocycles. The fraction of sp³-hybridized carbons (Fsp3) is 0.278. The highest BCUT2D eigenvalue weighted by Crippen LogP contribution is 2.21. The third-order valence-corrected chi connectivity index (χ3v) is 6.23. The van der Waals surface area contributed by atoms with Gasteiger partial charge in [-0.05, 0) is 29.8 Å². The van der Waals surface area contributed by atoms with Crippen molar-refractivity contribution in [2.75, 3.05) is 26.2 Å². The predicted molar refractivity (Wildman–Crippen MR) is 91.6 cm³/mol. The van der Waals surface area contributed by atoms with E-state index >= 15 is 0 Å². The maximum absolute atomic E-state index is 13.0. The molecule has 1 aliphatic rings. The van der Waals surface area contributed by atoms with E-state index in [1.54, 1.807) is 24.3 Å². The minimum atomic E-state index is -3.67. The van der Waals surface area contributed by atoms with Crippen LogP contribution in [0.25, 0.3) is 0 Å². The number of rotatable bonds is 4. The minimum absolute atomic E-state index is 0.0597. The van der Waals surface area contributed by atoms with Crippen LogP contribution in [0.2, 0.25) is 0 Å². The van der Waals surface area contributed by atoms with E-state index in [0.717, 1.165) is 5.56 Å². The second kappa shape index (κ2) is 7.31.